The van der Waals surface area contributed by atoms with Gasteiger partial charge in [0.1, 0.15) is 0 Å². The summed E-state index contributed by atoms with van der Waals surface area (Å²) in [6, 6.07) is 13.0. The fraction of sp³-hybridized carbons (Fsp3) is 0.381. The van der Waals surface area contributed by atoms with Gasteiger partial charge in [-0.3, -0.25) is 0 Å². The Morgan fingerprint density at radius 1 is 1.15 bits per heavy atom. The van der Waals surface area contributed by atoms with Crippen molar-refractivity contribution in [2.24, 2.45) is 12.0 Å². The number of guanidine groups is 1. The third-order valence-electron chi connectivity index (χ3n) is 4.68. The van der Waals surface area contributed by atoms with Gasteiger partial charge in [0.2, 0.25) is 0 Å². The Bertz CT molecular complexity index is 755. The van der Waals surface area contributed by atoms with Crippen LogP contribution >= 0.6 is 24.0 Å². The predicted octanol–water partition coefficient (Wildman–Crippen LogP) is 3.62. The molecular weight excluding hydrogens is 449 g/mol. The van der Waals surface area contributed by atoms with Gasteiger partial charge in [-0.05, 0) is 36.8 Å². The van der Waals surface area contributed by atoms with E-state index in [-0.39, 0.29) is 24.0 Å². The topological polar surface area (TPSA) is 35.8 Å². The van der Waals surface area contributed by atoms with Gasteiger partial charge in [-0.2, -0.15) is 0 Å². The fourth-order valence-electron chi connectivity index (χ4n) is 3.12. The lowest BCUT2D eigenvalue weighted by molar-refractivity contribution is 0.462. The highest BCUT2D eigenvalue weighted by Crippen LogP contribution is 2.18. The monoisotopic (exact) mass is 479 g/mol. The molecule has 1 aromatic carbocycles. The lowest BCUT2D eigenvalue weighted by Gasteiger charge is -2.22. The molecule has 0 bridgehead atoms. The van der Waals surface area contributed by atoms with E-state index in [9.17, 15) is 0 Å². The Morgan fingerprint density at radius 3 is 2.44 bits per heavy atom. The highest BCUT2D eigenvalue weighted by atomic mass is 127. The number of nitrogens with zero attached hydrogens (tertiary/aromatic N) is 4. The summed E-state index contributed by atoms with van der Waals surface area (Å²) in [5.74, 6) is 0.932. The van der Waals surface area contributed by atoms with Gasteiger partial charge in [0.05, 0.1) is 13.1 Å². The van der Waals surface area contributed by atoms with Crippen molar-refractivity contribution in [3.63, 3.8) is 0 Å². The molecule has 0 radical (unpaired) electrons. The van der Waals surface area contributed by atoms with Crippen LogP contribution in [0.15, 0.2) is 59.7 Å². The zero-order valence-electron chi connectivity index (χ0n) is 16.4. The van der Waals surface area contributed by atoms with Gasteiger partial charge >= 0.3 is 0 Å². The van der Waals surface area contributed by atoms with Crippen LogP contribution in [0.5, 0.6) is 0 Å². The summed E-state index contributed by atoms with van der Waals surface area (Å²) >= 11 is 0. The van der Waals surface area contributed by atoms with E-state index < -0.39 is 0 Å². The molecule has 2 heterocycles. The van der Waals surface area contributed by atoms with E-state index >= 15 is 0 Å². The smallest absolute Gasteiger partial charge is 0.194 e. The van der Waals surface area contributed by atoms with Crippen molar-refractivity contribution in [2.75, 3.05) is 31.6 Å². The molecule has 146 valence electrons. The molecule has 0 saturated carbocycles. The first-order valence-corrected chi connectivity index (χ1v) is 9.26. The molecule has 0 spiro atoms. The summed E-state index contributed by atoms with van der Waals surface area (Å²) in [7, 11) is 4.16. The maximum Gasteiger partial charge on any atom is 0.194 e. The molecule has 1 aromatic heterocycles. The van der Waals surface area contributed by atoms with E-state index in [1.807, 2.05) is 0 Å². The number of aliphatic imine (C=N–C) groups is 1. The Balaban J connectivity index is 0.00000261. The van der Waals surface area contributed by atoms with E-state index in [0.29, 0.717) is 6.54 Å². The van der Waals surface area contributed by atoms with Gasteiger partial charge in [0.25, 0.3) is 0 Å². The lowest BCUT2D eigenvalue weighted by Crippen LogP contribution is -2.38. The van der Waals surface area contributed by atoms with Crippen LogP contribution < -0.4 is 10.2 Å². The molecule has 0 amide bonds. The van der Waals surface area contributed by atoms with Gasteiger partial charge in [-0.1, -0.05) is 24.3 Å². The standard InChI is InChI=1S/C21H29N5.HI/c1-4-22-21(25(3)17-20-8-7-13-24(20)2)23-16-18-9-11-19(12-10-18)26-14-5-6-15-26;/h5-13H,4,14-17H2,1-3H3,(H,22,23);1H. The predicted molar refractivity (Wildman–Crippen MR) is 125 cm³/mol. The van der Waals surface area contributed by atoms with Crippen LogP contribution in [-0.2, 0) is 20.1 Å². The van der Waals surface area contributed by atoms with Gasteiger partial charge in [0, 0.05) is 51.3 Å². The first-order chi connectivity index (χ1) is 12.7. The van der Waals surface area contributed by atoms with Crippen LogP contribution in [0.25, 0.3) is 0 Å². The van der Waals surface area contributed by atoms with Crippen LogP contribution in [-0.4, -0.2) is 42.1 Å². The van der Waals surface area contributed by atoms with Gasteiger partial charge in [-0.15, -0.1) is 24.0 Å². The zero-order valence-corrected chi connectivity index (χ0v) is 18.8. The number of hydrogen-bond donors (Lipinski definition) is 1. The number of benzene rings is 1. The molecule has 2 aromatic rings. The zero-order chi connectivity index (χ0) is 18.4. The average Bonchev–Trinajstić information content (AvgIpc) is 3.31. The number of aromatic nitrogens is 1. The molecule has 5 nitrogen and oxygen atoms in total. The number of anilines is 1. The van der Waals surface area contributed by atoms with Crippen LogP contribution in [0.1, 0.15) is 18.2 Å². The molecular formula is C21H30IN5. The van der Waals surface area contributed by atoms with Crippen molar-refractivity contribution in [3.05, 3.63) is 66.0 Å². The number of rotatable bonds is 6. The van der Waals surface area contributed by atoms with Crippen molar-refractivity contribution in [1.82, 2.24) is 14.8 Å². The van der Waals surface area contributed by atoms with Gasteiger partial charge in [0.15, 0.2) is 5.96 Å². The second-order valence-electron chi connectivity index (χ2n) is 6.68. The van der Waals surface area contributed by atoms with Crippen LogP contribution in [0.2, 0.25) is 0 Å². The largest absolute Gasteiger partial charge is 0.364 e. The second kappa shape index (κ2) is 10.4. The summed E-state index contributed by atoms with van der Waals surface area (Å²) in [6.07, 6.45) is 6.50. The van der Waals surface area contributed by atoms with Crippen LogP contribution in [0.3, 0.4) is 0 Å². The minimum Gasteiger partial charge on any atom is -0.364 e. The highest BCUT2D eigenvalue weighted by molar-refractivity contribution is 14.0. The molecule has 1 aliphatic rings. The lowest BCUT2D eigenvalue weighted by atomic mass is 10.2. The van der Waals surface area contributed by atoms with Crippen LogP contribution in [0, 0.1) is 0 Å². The summed E-state index contributed by atoms with van der Waals surface area (Å²) in [4.78, 5) is 9.34. The van der Waals surface area contributed by atoms with Gasteiger partial charge < -0.3 is 19.7 Å². The summed E-state index contributed by atoms with van der Waals surface area (Å²) < 4.78 is 2.14. The normalized spacial score (nSPS) is 13.6. The Morgan fingerprint density at radius 2 is 1.85 bits per heavy atom. The molecule has 0 unspecified atom stereocenters. The van der Waals surface area contributed by atoms with Crippen molar-refractivity contribution < 1.29 is 0 Å². The molecule has 6 heteroatoms. The first kappa shape index (κ1) is 21.3. The van der Waals surface area contributed by atoms with E-state index in [0.717, 1.165) is 32.1 Å². The Kier molecular flexibility index (Phi) is 8.22. The second-order valence-corrected chi connectivity index (χ2v) is 6.68. The molecule has 1 N–H and O–H groups in total. The van der Waals surface area contributed by atoms with Crippen molar-refractivity contribution >= 4 is 35.6 Å². The molecule has 0 atom stereocenters. The number of hydrogen-bond acceptors (Lipinski definition) is 2. The summed E-state index contributed by atoms with van der Waals surface area (Å²) in [6.45, 7) is 6.48. The van der Waals surface area contributed by atoms with Gasteiger partial charge in [-0.25, -0.2) is 4.99 Å². The Labute approximate surface area is 179 Å². The molecule has 0 fully saturated rings. The molecule has 0 saturated heterocycles. The molecule has 3 rings (SSSR count). The molecule has 1 aliphatic heterocycles. The average molecular weight is 479 g/mol. The van der Waals surface area contributed by atoms with E-state index in [2.05, 4.69) is 95.4 Å². The van der Waals surface area contributed by atoms with Crippen molar-refractivity contribution in [1.29, 1.82) is 0 Å². The summed E-state index contributed by atoms with van der Waals surface area (Å²) in [5.41, 5.74) is 3.76. The van der Waals surface area contributed by atoms with Crippen molar-refractivity contribution in [3.8, 4) is 0 Å². The minimum absolute atomic E-state index is 0. The summed E-state index contributed by atoms with van der Waals surface area (Å²) in [5, 5.41) is 3.39. The number of nitrogens with one attached hydrogen (secondary N) is 1. The highest BCUT2D eigenvalue weighted by Gasteiger charge is 2.09. The molecule has 0 aliphatic carbocycles. The first-order valence-electron chi connectivity index (χ1n) is 9.26. The maximum atomic E-state index is 4.82. The third kappa shape index (κ3) is 5.76. The fourth-order valence-corrected chi connectivity index (χ4v) is 3.12. The minimum atomic E-state index is 0. The Hall–Kier alpha value is -1.96. The van der Waals surface area contributed by atoms with Crippen molar-refractivity contribution in [2.45, 2.75) is 20.0 Å². The van der Waals surface area contributed by atoms with Crippen LogP contribution in [0.4, 0.5) is 5.69 Å². The number of halogens is 1. The third-order valence-corrected chi connectivity index (χ3v) is 4.68. The number of aryl methyl sites for hydroxylation is 1. The SMILES string of the molecule is CCNC(=NCc1ccc(N2CC=CC2)cc1)N(C)Cc1cccn1C.I. The van der Waals surface area contributed by atoms with E-state index in [1.54, 1.807) is 0 Å². The van der Waals surface area contributed by atoms with E-state index in [4.69, 9.17) is 4.99 Å². The molecule has 27 heavy (non-hydrogen) atoms. The quantitative estimate of drug-likeness (QED) is 0.298. The maximum absolute atomic E-state index is 4.82. The van der Waals surface area contributed by atoms with E-state index in [1.165, 1.54) is 16.9 Å².